The summed E-state index contributed by atoms with van der Waals surface area (Å²) in [6, 6.07) is 6.36. The minimum absolute atomic E-state index is 0.806. The first kappa shape index (κ1) is 9.41. The quantitative estimate of drug-likeness (QED) is 0.643. The van der Waals surface area contributed by atoms with Crippen LogP contribution in [0.15, 0.2) is 18.2 Å². The molecule has 72 valence electrons. The van der Waals surface area contributed by atoms with Gasteiger partial charge in [0.25, 0.3) is 0 Å². The molecule has 0 fully saturated rings. The highest BCUT2D eigenvalue weighted by Gasteiger charge is 2.02. The predicted molar refractivity (Wildman–Crippen MR) is 63.3 cm³/mol. The first-order valence-corrected chi connectivity index (χ1v) is 5.09. The van der Waals surface area contributed by atoms with Gasteiger partial charge in [-0.3, -0.25) is 0 Å². The number of rotatable bonds is 0. The van der Waals surface area contributed by atoms with Crippen LogP contribution in [0.5, 0.6) is 0 Å². The molecule has 0 bridgehead atoms. The van der Waals surface area contributed by atoms with Crippen LogP contribution in [0.25, 0.3) is 10.9 Å². The van der Waals surface area contributed by atoms with Gasteiger partial charge in [0.15, 0.2) is 0 Å². The first-order chi connectivity index (χ1) is 6.58. The number of hydrogen-bond acceptors (Lipinski definition) is 1. The normalized spacial score (nSPS) is 10.8. The Hall–Kier alpha value is -1.15. The Morgan fingerprint density at radius 3 is 2.36 bits per heavy atom. The molecule has 1 aromatic heterocycles. The summed E-state index contributed by atoms with van der Waals surface area (Å²) in [6.07, 6.45) is 0. The summed E-state index contributed by atoms with van der Waals surface area (Å²) in [5.41, 5.74) is 4.98. The monoisotopic (exact) mass is 203 g/mol. The lowest BCUT2D eigenvalue weighted by Crippen LogP contribution is -1.88. The summed E-state index contributed by atoms with van der Waals surface area (Å²) in [5.74, 6) is 0. The third-order valence-electron chi connectivity index (χ3n) is 2.48. The van der Waals surface area contributed by atoms with Crippen LogP contribution in [0.1, 0.15) is 16.7 Å². The molecule has 0 amide bonds. The van der Waals surface area contributed by atoms with Gasteiger partial charge in [0.1, 0.15) is 4.64 Å². The van der Waals surface area contributed by atoms with Gasteiger partial charge in [-0.25, -0.2) is 0 Å². The van der Waals surface area contributed by atoms with E-state index in [9.17, 15) is 0 Å². The summed E-state index contributed by atoms with van der Waals surface area (Å²) >= 11 is 5.16. The molecule has 0 saturated heterocycles. The van der Waals surface area contributed by atoms with Crippen molar-refractivity contribution < 1.29 is 0 Å². The smallest absolute Gasteiger partial charge is 0.103 e. The van der Waals surface area contributed by atoms with Crippen LogP contribution in [-0.2, 0) is 0 Å². The number of aromatic amines is 1. The van der Waals surface area contributed by atoms with Crippen LogP contribution in [-0.4, -0.2) is 4.98 Å². The van der Waals surface area contributed by atoms with E-state index in [2.05, 4.69) is 37.9 Å². The third-order valence-corrected chi connectivity index (χ3v) is 2.70. The standard InChI is InChI=1S/C12H13NS/c1-7-4-8(2)12-9(3)6-11(14)13-10(12)5-7/h4-6H,1-3H3,(H,13,14). The highest BCUT2D eigenvalue weighted by Crippen LogP contribution is 2.22. The van der Waals surface area contributed by atoms with Crippen LogP contribution in [0.4, 0.5) is 0 Å². The van der Waals surface area contributed by atoms with E-state index in [1.54, 1.807) is 0 Å². The zero-order valence-electron chi connectivity index (χ0n) is 8.64. The van der Waals surface area contributed by atoms with Gasteiger partial charge in [0.2, 0.25) is 0 Å². The number of nitrogens with one attached hydrogen (secondary N) is 1. The molecule has 0 radical (unpaired) electrons. The zero-order chi connectivity index (χ0) is 10.3. The minimum Gasteiger partial charge on any atom is -0.346 e. The summed E-state index contributed by atoms with van der Waals surface area (Å²) < 4.78 is 0.806. The van der Waals surface area contributed by atoms with E-state index in [0.29, 0.717) is 0 Å². The topological polar surface area (TPSA) is 15.8 Å². The number of pyridine rings is 1. The van der Waals surface area contributed by atoms with Crippen molar-refractivity contribution >= 4 is 23.1 Å². The molecule has 0 atom stereocenters. The second-order valence-electron chi connectivity index (χ2n) is 3.82. The van der Waals surface area contributed by atoms with E-state index in [4.69, 9.17) is 12.2 Å². The van der Waals surface area contributed by atoms with Crippen molar-refractivity contribution in [3.05, 3.63) is 39.5 Å². The summed E-state index contributed by atoms with van der Waals surface area (Å²) in [7, 11) is 0. The number of fused-ring (bicyclic) bond motifs is 1. The summed E-state index contributed by atoms with van der Waals surface area (Å²) in [5, 5.41) is 1.30. The number of aromatic nitrogens is 1. The molecular formula is C12H13NS. The Bertz CT molecular complexity index is 552. The van der Waals surface area contributed by atoms with Crippen LogP contribution < -0.4 is 0 Å². The van der Waals surface area contributed by atoms with Gasteiger partial charge in [-0.2, -0.15) is 0 Å². The lowest BCUT2D eigenvalue weighted by Gasteiger charge is -2.07. The summed E-state index contributed by atoms with van der Waals surface area (Å²) in [4.78, 5) is 3.23. The maximum atomic E-state index is 5.16. The largest absolute Gasteiger partial charge is 0.346 e. The van der Waals surface area contributed by atoms with Crippen molar-refractivity contribution in [2.75, 3.05) is 0 Å². The molecule has 0 unspecified atom stereocenters. The lowest BCUT2D eigenvalue weighted by atomic mass is 10.0. The van der Waals surface area contributed by atoms with E-state index >= 15 is 0 Å². The Balaban J connectivity index is 3.01. The molecule has 2 rings (SSSR count). The fraction of sp³-hybridized carbons (Fsp3) is 0.250. The molecule has 14 heavy (non-hydrogen) atoms. The number of benzene rings is 1. The fourth-order valence-corrected chi connectivity index (χ4v) is 2.31. The van der Waals surface area contributed by atoms with Crippen LogP contribution in [0.2, 0.25) is 0 Å². The second kappa shape index (κ2) is 3.21. The van der Waals surface area contributed by atoms with Crippen LogP contribution in [0.3, 0.4) is 0 Å². The van der Waals surface area contributed by atoms with Gasteiger partial charge in [0.05, 0.1) is 0 Å². The Morgan fingerprint density at radius 2 is 1.64 bits per heavy atom. The van der Waals surface area contributed by atoms with Gasteiger partial charge >= 0.3 is 0 Å². The molecule has 2 heteroatoms. The molecule has 0 aliphatic rings. The number of hydrogen-bond donors (Lipinski definition) is 1. The Kier molecular flexibility index (Phi) is 2.16. The first-order valence-electron chi connectivity index (χ1n) is 4.69. The van der Waals surface area contributed by atoms with E-state index in [0.717, 1.165) is 10.2 Å². The van der Waals surface area contributed by atoms with Crippen molar-refractivity contribution in [3.8, 4) is 0 Å². The highest BCUT2D eigenvalue weighted by atomic mass is 32.1. The van der Waals surface area contributed by atoms with E-state index < -0.39 is 0 Å². The minimum atomic E-state index is 0.806. The SMILES string of the molecule is Cc1cc(C)c2c(C)cc(=S)[nH]c2c1. The van der Waals surface area contributed by atoms with E-state index in [1.807, 2.05) is 6.07 Å². The molecule has 1 N–H and O–H groups in total. The van der Waals surface area contributed by atoms with Crippen molar-refractivity contribution in [3.63, 3.8) is 0 Å². The molecule has 0 saturated carbocycles. The Labute approximate surface area is 88.8 Å². The van der Waals surface area contributed by atoms with Crippen molar-refractivity contribution in [1.29, 1.82) is 0 Å². The van der Waals surface area contributed by atoms with Crippen molar-refractivity contribution in [2.45, 2.75) is 20.8 Å². The molecular weight excluding hydrogens is 190 g/mol. The number of H-pyrrole nitrogens is 1. The van der Waals surface area contributed by atoms with Crippen molar-refractivity contribution in [2.24, 2.45) is 0 Å². The Morgan fingerprint density at radius 1 is 1.00 bits per heavy atom. The molecule has 0 spiro atoms. The average molecular weight is 203 g/mol. The zero-order valence-corrected chi connectivity index (χ0v) is 9.46. The van der Waals surface area contributed by atoms with E-state index in [-0.39, 0.29) is 0 Å². The molecule has 0 aliphatic carbocycles. The predicted octanol–water partition coefficient (Wildman–Crippen LogP) is 3.82. The van der Waals surface area contributed by atoms with Gasteiger partial charge in [-0.15, -0.1) is 0 Å². The molecule has 1 heterocycles. The van der Waals surface area contributed by atoms with Gasteiger partial charge in [0, 0.05) is 10.9 Å². The van der Waals surface area contributed by atoms with Gasteiger partial charge in [-0.1, -0.05) is 18.3 Å². The molecule has 2 aromatic rings. The second-order valence-corrected chi connectivity index (χ2v) is 4.26. The lowest BCUT2D eigenvalue weighted by molar-refractivity contribution is 1.30. The third kappa shape index (κ3) is 1.46. The van der Waals surface area contributed by atoms with Crippen molar-refractivity contribution in [1.82, 2.24) is 4.98 Å². The van der Waals surface area contributed by atoms with E-state index in [1.165, 1.54) is 22.1 Å². The average Bonchev–Trinajstić information content (AvgIpc) is 1.99. The van der Waals surface area contributed by atoms with Crippen LogP contribution in [0, 0.1) is 25.4 Å². The molecule has 1 nitrogen and oxygen atoms in total. The highest BCUT2D eigenvalue weighted by molar-refractivity contribution is 7.71. The summed E-state index contributed by atoms with van der Waals surface area (Å²) in [6.45, 7) is 6.35. The van der Waals surface area contributed by atoms with Gasteiger partial charge < -0.3 is 4.98 Å². The molecule has 0 aliphatic heterocycles. The maximum Gasteiger partial charge on any atom is 0.103 e. The number of aryl methyl sites for hydroxylation is 3. The van der Waals surface area contributed by atoms with Crippen LogP contribution >= 0.6 is 12.2 Å². The maximum absolute atomic E-state index is 5.16. The fourth-order valence-electron chi connectivity index (χ4n) is 2.03. The molecule has 1 aromatic carbocycles. The van der Waals surface area contributed by atoms with Gasteiger partial charge in [-0.05, 0) is 49.6 Å².